The van der Waals surface area contributed by atoms with E-state index in [1.807, 2.05) is 0 Å². The zero-order chi connectivity index (χ0) is 79.9. The molecule has 4 aromatic heterocycles. The van der Waals surface area contributed by atoms with E-state index in [-0.39, 0.29) is 59.8 Å². The van der Waals surface area contributed by atoms with Crippen molar-refractivity contribution in [3.63, 3.8) is 0 Å². The van der Waals surface area contributed by atoms with Crippen molar-refractivity contribution in [2.24, 2.45) is 0 Å². The van der Waals surface area contributed by atoms with Gasteiger partial charge in [0.2, 0.25) is 0 Å². The van der Waals surface area contributed by atoms with Crippen LogP contribution >= 0.6 is 0 Å². The van der Waals surface area contributed by atoms with Gasteiger partial charge in [0.25, 0.3) is 0 Å². The minimum absolute atomic E-state index is 0. The van der Waals surface area contributed by atoms with Gasteiger partial charge in [-0.15, -0.1) is 22.1 Å². The van der Waals surface area contributed by atoms with E-state index in [0.717, 1.165) is 44.5 Å². The molecule has 0 N–H and O–H groups in total. The zero-order valence-electron chi connectivity index (χ0n) is 68.6. The quantitative estimate of drug-likeness (QED) is 0.152. The van der Waals surface area contributed by atoms with Gasteiger partial charge in [-0.2, -0.15) is 0 Å². The Hall–Kier alpha value is -9.01. The van der Waals surface area contributed by atoms with Crippen LogP contribution in [0.15, 0.2) is 141 Å². The van der Waals surface area contributed by atoms with Gasteiger partial charge in [0, 0.05) is 43.1 Å². The molecule has 2 aliphatic rings. The summed E-state index contributed by atoms with van der Waals surface area (Å²) in [6, 6.07) is 38.4. The van der Waals surface area contributed by atoms with Crippen molar-refractivity contribution in [2.75, 3.05) is 0 Å². The average molecular weight is 1560 g/mol. The predicted octanol–water partition coefficient (Wildman–Crippen LogP) is 21.0. The Morgan fingerprint density at radius 1 is 0.252 bits per heavy atom. The number of nitrogens with zero attached hydrogens (tertiary/aromatic N) is 4. The summed E-state index contributed by atoms with van der Waals surface area (Å²) in [6.07, 6.45) is 0. The largest absolute Gasteiger partial charge is 2.00 e. The molecule has 0 spiro atoms. The van der Waals surface area contributed by atoms with Crippen molar-refractivity contribution in [1.82, 2.24) is 19.9 Å². The molecule has 574 valence electrons. The molecular formula is C96H100N4NiO8S2. The van der Waals surface area contributed by atoms with Gasteiger partial charge in [0.1, 0.15) is 0 Å². The molecule has 8 bridgehead atoms. The summed E-state index contributed by atoms with van der Waals surface area (Å²) in [5.41, 5.74) is 11.5. The van der Waals surface area contributed by atoms with E-state index in [2.05, 4.69) is 239 Å². The van der Waals surface area contributed by atoms with Gasteiger partial charge in [-0.25, -0.2) is 26.8 Å². The van der Waals surface area contributed by atoms with E-state index in [0.29, 0.717) is 132 Å². The van der Waals surface area contributed by atoms with Crippen molar-refractivity contribution >= 4 is 107 Å². The standard InChI is InChI=1S/C96H102N4O8S2.Ni/c1-89(2,3)53-29-49(30-54(37-53)90(4,5)6)77-81-65-41-61-62(74(102)26-25-73(61)101)42-66(65)82(97-81)78(50-31-55(91(7,8)9)38-56(32-50)92(10,11)12)87-71-47-110(107,108)48-72(71)88(100-87)80(52-35-59(95(19,20)21)40-60(36-52)96(22,23)24)84-68-44-64-63(75(103)27-28-76(64)104)43-67(68)83(98-84)79(86-70-46-109(105,106)45-69(70)85(77)99-86)51-33-57(93(13,14)15)39-58(34-51)94(16,17)18;/h25-44H,45-48H2,1-24H3,(H2,97,98,99,100,101,102,103,104);/q;+2/p-2. The second-order valence-corrected chi connectivity index (χ2v) is 44.1. The van der Waals surface area contributed by atoms with Gasteiger partial charge in [0.05, 0.1) is 45.1 Å². The van der Waals surface area contributed by atoms with Crippen molar-refractivity contribution in [3.05, 3.63) is 229 Å². The molecule has 15 rings (SSSR count). The van der Waals surface area contributed by atoms with E-state index in [4.69, 9.17) is 19.9 Å². The van der Waals surface area contributed by atoms with Crippen LogP contribution < -0.4 is 31.7 Å². The first kappa shape index (κ1) is 78.7. The van der Waals surface area contributed by atoms with Crippen LogP contribution in [0.3, 0.4) is 0 Å². The maximum absolute atomic E-state index is 15.5. The normalized spacial score (nSPS) is 15.1. The minimum Gasteiger partial charge on any atom is -0.656 e. The molecule has 6 heterocycles. The molecule has 0 saturated heterocycles. The third kappa shape index (κ3) is 13.7. The summed E-state index contributed by atoms with van der Waals surface area (Å²) in [7, 11) is -8.01. The van der Waals surface area contributed by atoms with E-state index in [1.165, 1.54) is 24.3 Å². The molecule has 111 heavy (non-hydrogen) atoms. The summed E-state index contributed by atoms with van der Waals surface area (Å²) >= 11 is 0. The maximum Gasteiger partial charge on any atom is 2.00 e. The molecule has 0 unspecified atom stereocenters. The zero-order valence-corrected chi connectivity index (χ0v) is 71.2. The van der Waals surface area contributed by atoms with Crippen LogP contribution in [0.2, 0.25) is 0 Å². The first-order chi connectivity index (χ1) is 50.6. The maximum atomic E-state index is 15.5. The molecule has 0 atom stereocenters. The van der Waals surface area contributed by atoms with Gasteiger partial charge >= 0.3 is 16.5 Å². The number of hydrogen-bond acceptors (Lipinski definition) is 10. The van der Waals surface area contributed by atoms with Crippen molar-refractivity contribution < 1.29 is 33.3 Å². The van der Waals surface area contributed by atoms with Crippen LogP contribution in [0, 0.1) is 0 Å². The van der Waals surface area contributed by atoms with Crippen LogP contribution in [-0.4, -0.2) is 26.8 Å². The summed E-state index contributed by atoms with van der Waals surface area (Å²) in [5.74, 6) is -1.66. The Balaban J connectivity index is 0.0000103. The van der Waals surface area contributed by atoms with Gasteiger partial charge in [-0.3, -0.25) is 19.2 Å². The van der Waals surface area contributed by atoms with Crippen LogP contribution in [-0.2, 0) is 102 Å². The van der Waals surface area contributed by atoms with E-state index < -0.39 is 86.0 Å². The van der Waals surface area contributed by atoms with Crippen LogP contribution in [0.4, 0.5) is 0 Å². The van der Waals surface area contributed by atoms with Gasteiger partial charge < -0.3 is 9.97 Å². The fourth-order valence-corrected chi connectivity index (χ4v) is 19.5. The summed E-state index contributed by atoms with van der Waals surface area (Å²) in [6.45, 7) is 51.9. The molecule has 0 aliphatic carbocycles. The van der Waals surface area contributed by atoms with E-state index in [9.17, 15) is 19.2 Å². The SMILES string of the molecule is CC(C)(C)c1cc(-c2c3[n-]c(c4c3CS(=O)(=O)C4)c(-c3cc(C(C)(C)C)cc(C(C)(C)C)c3)c3nc(c(-c4cc(C(C)(C)C)cc(C(C)(C)C)c4)c4[n-]c(c5c4CS(=O)(=O)C5)c(-c4cc(C(C)(C)C)cc(C(C)(C)C)c4)c4nc2c2cc5c(=O)ccc(=O)c5cc42)c2cc4c(=O)ccc(=O)c4cc32)cc(C(C)(C)C)c1.[Ni+2]. The first-order valence-corrected chi connectivity index (χ1v) is 42.0. The van der Waals surface area contributed by atoms with E-state index >= 15 is 16.8 Å². The number of hydrogen-bond donors (Lipinski definition) is 0. The molecule has 15 heteroatoms. The van der Waals surface area contributed by atoms with Crippen LogP contribution in [0.25, 0.3) is 132 Å². The molecule has 9 aromatic carbocycles. The fraction of sp³-hybridized carbons (Fsp3) is 0.375. The molecule has 0 fully saturated rings. The molecule has 12 nitrogen and oxygen atoms in total. The number of fused-ring (bicyclic) bond motifs is 2. The van der Waals surface area contributed by atoms with Gasteiger partial charge in [-0.05, 0) is 203 Å². The first-order valence-electron chi connectivity index (χ1n) is 38.4. The molecule has 0 saturated carbocycles. The molecule has 0 radical (unpaired) electrons. The van der Waals surface area contributed by atoms with Gasteiger partial charge in [-0.1, -0.05) is 239 Å². The Labute approximate surface area is 661 Å². The van der Waals surface area contributed by atoms with Crippen molar-refractivity contribution in [3.8, 4) is 44.5 Å². The number of benzene rings is 8. The third-order valence-corrected chi connectivity index (χ3v) is 26.0. The number of sulfone groups is 2. The Morgan fingerprint density at radius 2 is 0.414 bits per heavy atom. The second-order valence-electron chi connectivity index (χ2n) is 39.9. The smallest absolute Gasteiger partial charge is 0.656 e. The molecule has 0 amide bonds. The topological polar surface area (TPSA) is 191 Å². The van der Waals surface area contributed by atoms with E-state index in [1.54, 1.807) is 24.3 Å². The molecule has 13 aromatic rings. The molecular weight excluding hydrogens is 1460 g/mol. The Kier molecular flexibility index (Phi) is 18.1. The fourth-order valence-electron chi connectivity index (χ4n) is 16.3. The summed E-state index contributed by atoms with van der Waals surface area (Å²) in [5, 5.41) is 2.48. The molecule has 2 aliphatic heterocycles. The third-order valence-electron chi connectivity index (χ3n) is 23.1. The van der Waals surface area contributed by atoms with Crippen LogP contribution in [0.1, 0.15) is 233 Å². The Bertz CT molecular complexity index is 5920. The monoisotopic (exact) mass is 1560 g/mol. The minimum atomic E-state index is -4.01. The number of rotatable bonds is 4. The number of aromatic nitrogens is 4. The van der Waals surface area contributed by atoms with Gasteiger partial charge in [0.15, 0.2) is 41.4 Å². The van der Waals surface area contributed by atoms with Crippen molar-refractivity contribution in [2.45, 2.75) is 233 Å². The average Bonchev–Trinajstić information content (AvgIpc) is 1.54. The summed E-state index contributed by atoms with van der Waals surface area (Å²) in [4.78, 5) is 83.8. The second kappa shape index (κ2) is 25.5. The Morgan fingerprint density at radius 3 is 0.568 bits per heavy atom. The summed E-state index contributed by atoms with van der Waals surface area (Å²) < 4.78 is 62.1. The predicted molar refractivity (Wildman–Crippen MR) is 458 cm³/mol. The van der Waals surface area contributed by atoms with Crippen molar-refractivity contribution in [1.29, 1.82) is 0 Å². The van der Waals surface area contributed by atoms with Crippen LogP contribution in [0.5, 0.6) is 0 Å².